The summed E-state index contributed by atoms with van der Waals surface area (Å²) in [5.41, 5.74) is 2.85. The molecule has 1 N–H and O–H groups in total. The number of aryl methyl sites for hydroxylation is 1. The van der Waals surface area contributed by atoms with Crippen LogP contribution < -0.4 is 5.32 Å². The highest BCUT2D eigenvalue weighted by atomic mass is 15.1. The van der Waals surface area contributed by atoms with Crippen LogP contribution in [0.3, 0.4) is 0 Å². The topological polar surface area (TPSA) is 29.9 Å². The molecule has 0 saturated carbocycles. The molecular weight excluding hydrogens is 246 g/mol. The van der Waals surface area contributed by atoms with Crippen molar-refractivity contribution in [1.29, 1.82) is 0 Å². The van der Waals surface area contributed by atoms with Crippen molar-refractivity contribution in [3.63, 3.8) is 0 Å². The van der Waals surface area contributed by atoms with Gasteiger partial charge >= 0.3 is 0 Å². The molecular formula is C17H31N3. The lowest BCUT2D eigenvalue weighted by molar-refractivity contribution is 0.391. The standard InChI is InChI=1S/C17H31N3/c1-4-7-10-14(8-5-2)20-16-11-12-18-13-15(16)19-17(20)9-6-3/h14,18H,4-13H2,1-3H3. The van der Waals surface area contributed by atoms with Crippen molar-refractivity contribution < 1.29 is 0 Å². The van der Waals surface area contributed by atoms with Gasteiger partial charge in [0, 0.05) is 37.7 Å². The minimum absolute atomic E-state index is 0.677. The normalized spacial score (nSPS) is 16.1. The molecule has 0 amide bonds. The summed E-state index contributed by atoms with van der Waals surface area (Å²) in [6.07, 6.45) is 9.98. The van der Waals surface area contributed by atoms with Crippen LogP contribution in [0.15, 0.2) is 0 Å². The predicted octanol–water partition coefficient (Wildman–Crippen LogP) is 4.01. The summed E-state index contributed by atoms with van der Waals surface area (Å²) in [5.74, 6) is 1.34. The van der Waals surface area contributed by atoms with Crippen LogP contribution in [-0.4, -0.2) is 16.1 Å². The smallest absolute Gasteiger partial charge is 0.109 e. The van der Waals surface area contributed by atoms with E-state index in [1.165, 1.54) is 55.7 Å². The van der Waals surface area contributed by atoms with Gasteiger partial charge in [-0.1, -0.05) is 40.0 Å². The summed E-state index contributed by atoms with van der Waals surface area (Å²) in [5, 5.41) is 3.46. The lowest BCUT2D eigenvalue weighted by Crippen LogP contribution is -2.26. The lowest BCUT2D eigenvalue weighted by atomic mass is 10.0. The Hall–Kier alpha value is -0.830. The largest absolute Gasteiger partial charge is 0.329 e. The molecule has 0 fully saturated rings. The lowest BCUT2D eigenvalue weighted by Gasteiger charge is -2.24. The van der Waals surface area contributed by atoms with Gasteiger partial charge in [0.15, 0.2) is 0 Å². The molecule has 2 rings (SSSR count). The molecule has 0 bridgehead atoms. The first-order chi connectivity index (χ1) is 9.81. The highest BCUT2D eigenvalue weighted by Crippen LogP contribution is 2.28. The van der Waals surface area contributed by atoms with Crippen LogP contribution in [0.4, 0.5) is 0 Å². The number of nitrogens with one attached hydrogen (secondary N) is 1. The zero-order chi connectivity index (χ0) is 14.4. The van der Waals surface area contributed by atoms with Crippen molar-refractivity contribution in [2.45, 2.75) is 84.7 Å². The summed E-state index contributed by atoms with van der Waals surface area (Å²) in [6, 6.07) is 0.677. The molecule has 0 radical (unpaired) electrons. The van der Waals surface area contributed by atoms with Crippen molar-refractivity contribution >= 4 is 0 Å². The van der Waals surface area contributed by atoms with E-state index in [2.05, 4.69) is 30.7 Å². The van der Waals surface area contributed by atoms with Crippen LogP contribution in [0.2, 0.25) is 0 Å². The predicted molar refractivity (Wildman–Crippen MR) is 85.1 cm³/mol. The number of nitrogens with zero attached hydrogens (tertiary/aromatic N) is 2. The van der Waals surface area contributed by atoms with Gasteiger partial charge in [-0.2, -0.15) is 0 Å². The fourth-order valence-electron chi connectivity index (χ4n) is 3.40. The maximum atomic E-state index is 4.95. The quantitative estimate of drug-likeness (QED) is 0.778. The second kappa shape index (κ2) is 7.82. The van der Waals surface area contributed by atoms with Gasteiger partial charge in [-0.05, 0) is 19.3 Å². The fourth-order valence-corrected chi connectivity index (χ4v) is 3.40. The zero-order valence-electron chi connectivity index (χ0n) is 13.5. The van der Waals surface area contributed by atoms with E-state index in [4.69, 9.17) is 4.98 Å². The summed E-state index contributed by atoms with van der Waals surface area (Å²) in [4.78, 5) is 4.95. The zero-order valence-corrected chi connectivity index (χ0v) is 13.5. The Morgan fingerprint density at radius 3 is 2.70 bits per heavy atom. The molecule has 2 heterocycles. The molecule has 20 heavy (non-hydrogen) atoms. The summed E-state index contributed by atoms with van der Waals surface area (Å²) >= 11 is 0. The Morgan fingerprint density at radius 2 is 2.00 bits per heavy atom. The summed E-state index contributed by atoms with van der Waals surface area (Å²) < 4.78 is 2.64. The third kappa shape index (κ3) is 3.43. The van der Waals surface area contributed by atoms with Crippen molar-refractivity contribution in [2.24, 2.45) is 0 Å². The van der Waals surface area contributed by atoms with Crippen molar-refractivity contribution in [3.8, 4) is 0 Å². The molecule has 1 atom stereocenters. The minimum Gasteiger partial charge on any atom is -0.329 e. The third-order valence-electron chi connectivity index (χ3n) is 4.35. The Bertz CT molecular complexity index is 409. The van der Waals surface area contributed by atoms with Crippen molar-refractivity contribution in [2.75, 3.05) is 6.54 Å². The van der Waals surface area contributed by atoms with Crippen molar-refractivity contribution in [1.82, 2.24) is 14.9 Å². The second-order valence-electron chi connectivity index (χ2n) is 6.05. The van der Waals surface area contributed by atoms with Gasteiger partial charge in [0.1, 0.15) is 5.82 Å². The third-order valence-corrected chi connectivity index (χ3v) is 4.35. The minimum atomic E-state index is 0.677. The van der Waals surface area contributed by atoms with Crippen LogP contribution in [0.1, 0.15) is 82.6 Å². The van der Waals surface area contributed by atoms with E-state index < -0.39 is 0 Å². The monoisotopic (exact) mass is 277 g/mol. The average Bonchev–Trinajstić information content (AvgIpc) is 2.82. The van der Waals surface area contributed by atoms with E-state index in [9.17, 15) is 0 Å². The number of unbranched alkanes of at least 4 members (excludes halogenated alkanes) is 1. The van der Waals surface area contributed by atoms with Gasteiger partial charge in [-0.25, -0.2) is 4.98 Å². The number of hydrogen-bond donors (Lipinski definition) is 1. The molecule has 0 aliphatic carbocycles. The highest BCUT2D eigenvalue weighted by molar-refractivity contribution is 5.21. The Kier molecular flexibility index (Phi) is 6.08. The molecule has 3 heteroatoms. The van der Waals surface area contributed by atoms with Gasteiger partial charge in [0.25, 0.3) is 0 Å². The first-order valence-corrected chi connectivity index (χ1v) is 8.61. The Balaban J connectivity index is 2.31. The number of fused-ring (bicyclic) bond motifs is 1. The molecule has 0 spiro atoms. The van der Waals surface area contributed by atoms with Gasteiger partial charge in [0.05, 0.1) is 5.69 Å². The van der Waals surface area contributed by atoms with Gasteiger partial charge in [0.2, 0.25) is 0 Å². The van der Waals surface area contributed by atoms with E-state index in [-0.39, 0.29) is 0 Å². The molecule has 114 valence electrons. The van der Waals surface area contributed by atoms with Gasteiger partial charge in [-0.3, -0.25) is 0 Å². The number of aromatic nitrogens is 2. The van der Waals surface area contributed by atoms with Crippen molar-refractivity contribution in [3.05, 3.63) is 17.2 Å². The van der Waals surface area contributed by atoms with E-state index in [1.54, 1.807) is 0 Å². The first-order valence-electron chi connectivity index (χ1n) is 8.61. The maximum Gasteiger partial charge on any atom is 0.109 e. The SMILES string of the molecule is CCCCC(CCC)n1c(CCC)nc2c1CCNC2. The molecule has 3 nitrogen and oxygen atoms in total. The molecule has 0 aromatic carbocycles. The molecule has 1 aliphatic heterocycles. The van der Waals surface area contributed by atoms with Gasteiger partial charge in [-0.15, -0.1) is 0 Å². The average molecular weight is 277 g/mol. The maximum absolute atomic E-state index is 4.95. The number of imidazole rings is 1. The number of rotatable bonds is 8. The second-order valence-corrected chi connectivity index (χ2v) is 6.05. The molecule has 1 aromatic rings. The van der Waals surface area contributed by atoms with E-state index >= 15 is 0 Å². The van der Waals surface area contributed by atoms with Crippen LogP contribution in [0.25, 0.3) is 0 Å². The van der Waals surface area contributed by atoms with Crippen LogP contribution in [-0.2, 0) is 19.4 Å². The fraction of sp³-hybridized carbons (Fsp3) is 0.824. The Labute approximate surface area is 124 Å². The molecule has 1 unspecified atom stereocenters. The van der Waals surface area contributed by atoms with Crippen LogP contribution in [0.5, 0.6) is 0 Å². The molecule has 1 aliphatic rings. The summed E-state index contributed by atoms with van der Waals surface area (Å²) in [6.45, 7) is 8.94. The van der Waals surface area contributed by atoms with Gasteiger partial charge < -0.3 is 9.88 Å². The van der Waals surface area contributed by atoms with Crippen LogP contribution in [0, 0.1) is 0 Å². The van der Waals surface area contributed by atoms with E-state index in [0.717, 1.165) is 25.9 Å². The molecule has 1 aromatic heterocycles. The van der Waals surface area contributed by atoms with Crippen LogP contribution >= 0.6 is 0 Å². The molecule has 0 saturated heterocycles. The summed E-state index contributed by atoms with van der Waals surface area (Å²) in [7, 11) is 0. The van der Waals surface area contributed by atoms with E-state index in [0.29, 0.717) is 6.04 Å². The first kappa shape index (κ1) is 15.6. The highest BCUT2D eigenvalue weighted by Gasteiger charge is 2.23. The van der Waals surface area contributed by atoms with E-state index in [1.807, 2.05) is 0 Å². The number of hydrogen-bond acceptors (Lipinski definition) is 2. The Morgan fingerprint density at radius 1 is 1.15 bits per heavy atom.